The number of carbonyl (C=O) groups excluding carboxylic acids is 3. The standard InChI is InChI=1S/C26H25F6N3O4/c1-15-18(10-19(25(27,28)29)11-20(15)26(30,31)32)14-39-24(38)34-9-8-22(36)35-16(2)23(37)33(13-21(34)35)12-17-6-4-3-5-7-17/h3-7,10-11,16,21H,8-9,12-14H2,1-2H3/t16-,21?/m0/s1. The maximum atomic E-state index is 13.4. The van der Waals surface area contributed by atoms with Crippen LogP contribution in [0, 0.1) is 6.92 Å². The molecule has 3 amide bonds. The zero-order chi connectivity index (χ0) is 28.7. The molecule has 13 heteroatoms. The van der Waals surface area contributed by atoms with Gasteiger partial charge in [0.25, 0.3) is 0 Å². The summed E-state index contributed by atoms with van der Waals surface area (Å²) in [6.07, 6.45) is -12.2. The molecule has 7 nitrogen and oxygen atoms in total. The fourth-order valence-corrected chi connectivity index (χ4v) is 4.91. The minimum Gasteiger partial charge on any atom is -0.444 e. The molecule has 39 heavy (non-hydrogen) atoms. The van der Waals surface area contributed by atoms with Gasteiger partial charge in [0.15, 0.2) is 0 Å². The number of halogens is 6. The Kier molecular flexibility index (Phi) is 7.55. The number of alkyl halides is 6. The van der Waals surface area contributed by atoms with Crippen LogP contribution in [0.1, 0.15) is 41.2 Å². The molecule has 2 aromatic rings. The third-order valence-electron chi connectivity index (χ3n) is 6.96. The van der Waals surface area contributed by atoms with Crippen molar-refractivity contribution in [2.24, 2.45) is 0 Å². The van der Waals surface area contributed by atoms with E-state index < -0.39 is 59.5 Å². The van der Waals surface area contributed by atoms with Crippen LogP contribution in [-0.2, 0) is 39.8 Å². The van der Waals surface area contributed by atoms with Crippen LogP contribution in [0.3, 0.4) is 0 Å². The molecule has 2 aliphatic heterocycles. The second-order valence-corrected chi connectivity index (χ2v) is 9.46. The van der Waals surface area contributed by atoms with Gasteiger partial charge in [0.05, 0.1) is 17.7 Å². The third kappa shape index (κ3) is 5.81. The average Bonchev–Trinajstić information content (AvgIpc) is 2.85. The van der Waals surface area contributed by atoms with E-state index in [1.54, 1.807) is 12.1 Å². The van der Waals surface area contributed by atoms with E-state index in [1.165, 1.54) is 21.6 Å². The van der Waals surface area contributed by atoms with Crippen LogP contribution < -0.4 is 0 Å². The maximum Gasteiger partial charge on any atom is 0.416 e. The average molecular weight is 557 g/mol. The SMILES string of the molecule is Cc1c(COC(=O)N2CCC(=O)N3C2CN(Cc2ccccc2)C(=O)[C@@H]3C)cc(C(F)(F)F)cc1C(F)(F)F. The first-order chi connectivity index (χ1) is 18.2. The van der Waals surface area contributed by atoms with E-state index in [0.29, 0.717) is 6.07 Å². The lowest BCUT2D eigenvalue weighted by atomic mass is 9.98. The summed E-state index contributed by atoms with van der Waals surface area (Å²) in [5.41, 5.74) is -3.12. The van der Waals surface area contributed by atoms with Gasteiger partial charge in [0, 0.05) is 19.5 Å². The van der Waals surface area contributed by atoms with Crippen molar-refractivity contribution in [1.29, 1.82) is 0 Å². The van der Waals surface area contributed by atoms with Crippen molar-refractivity contribution >= 4 is 17.9 Å². The molecule has 0 saturated carbocycles. The van der Waals surface area contributed by atoms with E-state index >= 15 is 0 Å². The van der Waals surface area contributed by atoms with Gasteiger partial charge in [-0.25, -0.2) is 4.79 Å². The first kappa shape index (κ1) is 28.2. The zero-order valence-corrected chi connectivity index (χ0v) is 21.0. The van der Waals surface area contributed by atoms with Crippen molar-refractivity contribution in [1.82, 2.24) is 14.7 Å². The van der Waals surface area contributed by atoms with E-state index in [4.69, 9.17) is 4.74 Å². The predicted octanol–water partition coefficient (Wildman–Crippen LogP) is 4.96. The Bertz CT molecular complexity index is 1260. The number of hydrogen-bond acceptors (Lipinski definition) is 4. The Labute approximate surface area is 219 Å². The van der Waals surface area contributed by atoms with Gasteiger partial charge in [0.1, 0.15) is 18.8 Å². The number of fused-ring (bicyclic) bond motifs is 1. The molecule has 2 heterocycles. The topological polar surface area (TPSA) is 70.2 Å². The minimum atomic E-state index is -5.05. The molecule has 0 spiro atoms. The molecule has 0 bridgehead atoms. The fraction of sp³-hybridized carbons (Fsp3) is 0.423. The van der Waals surface area contributed by atoms with Crippen LogP contribution in [0.2, 0.25) is 0 Å². The van der Waals surface area contributed by atoms with E-state index in [9.17, 15) is 40.7 Å². The normalized spacial score (nSPS) is 20.3. The Hall–Kier alpha value is -3.77. The van der Waals surface area contributed by atoms with Crippen molar-refractivity contribution in [3.05, 3.63) is 70.3 Å². The molecule has 0 radical (unpaired) electrons. The summed E-state index contributed by atoms with van der Waals surface area (Å²) >= 11 is 0. The monoisotopic (exact) mass is 557 g/mol. The lowest BCUT2D eigenvalue weighted by Gasteiger charge is -2.51. The number of piperazine rings is 1. The molecule has 2 aromatic carbocycles. The first-order valence-electron chi connectivity index (χ1n) is 12.0. The molecule has 0 aliphatic carbocycles. The maximum absolute atomic E-state index is 13.4. The Balaban J connectivity index is 1.56. The van der Waals surface area contributed by atoms with Crippen molar-refractivity contribution in [2.75, 3.05) is 13.1 Å². The second-order valence-electron chi connectivity index (χ2n) is 9.46. The largest absolute Gasteiger partial charge is 0.444 e. The zero-order valence-electron chi connectivity index (χ0n) is 21.0. The summed E-state index contributed by atoms with van der Waals surface area (Å²) in [5.74, 6) is -0.675. The molecule has 2 atom stereocenters. The van der Waals surface area contributed by atoms with Gasteiger partial charge in [-0.15, -0.1) is 0 Å². The van der Waals surface area contributed by atoms with Gasteiger partial charge < -0.3 is 14.5 Å². The van der Waals surface area contributed by atoms with E-state index in [-0.39, 0.29) is 43.9 Å². The lowest BCUT2D eigenvalue weighted by Crippen LogP contribution is -2.70. The molecule has 2 fully saturated rings. The highest BCUT2D eigenvalue weighted by Gasteiger charge is 2.47. The summed E-state index contributed by atoms with van der Waals surface area (Å²) in [6, 6.07) is 8.69. The lowest BCUT2D eigenvalue weighted by molar-refractivity contribution is -0.167. The number of nitrogens with zero attached hydrogens (tertiary/aromatic N) is 3. The Morgan fingerprint density at radius 2 is 1.69 bits per heavy atom. The number of amides is 3. The molecule has 210 valence electrons. The molecule has 1 unspecified atom stereocenters. The minimum absolute atomic E-state index is 0.0243. The van der Waals surface area contributed by atoms with Gasteiger partial charge >= 0.3 is 18.4 Å². The van der Waals surface area contributed by atoms with E-state index in [2.05, 4.69) is 0 Å². The van der Waals surface area contributed by atoms with Gasteiger partial charge in [-0.2, -0.15) is 26.3 Å². The van der Waals surface area contributed by atoms with Gasteiger partial charge in [-0.05, 0) is 42.7 Å². The third-order valence-corrected chi connectivity index (χ3v) is 6.96. The van der Waals surface area contributed by atoms with Gasteiger partial charge in [0.2, 0.25) is 11.8 Å². The summed E-state index contributed by atoms with van der Waals surface area (Å²) in [6.45, 7) is 1.77. The molecule has 0 N–H and O–H groups in total. The number of rotatable bonds is 4. The molecule has 4 rings (SSSR count). The van der Waals surface area contributed by atoms with Crippen LogP contribution in [0.15, 0.2) is 42.5 Å². The van der Waals surface area contributed by atoms with Crippen LogP contribution in [0.5, 0.6) is 0 Å². The fourth-order valence-electron chi connectivity index (χ4n) is 4.91. The first-order valence-corrected chi connectivity index (χ1v) is 12.0. The number of ether oxygens (including phenoxy) is 1. The molecular formula is C26H25F6N3O4. The molecule has 2 saturated heterocycles. The van der Waals surface area contributed by atoms with Crippen molar-refractivity contribution in [3.8, 4) is 0 Å². The number of carbonyl (C=O) groups is 3. The summed E-state index contributed by atoms with van der Waals surface area (Å²) in [7, 11) is 0. The van der Waals surface area contributed by atoms with Crippen LogP contribution >= 0.6 is 0 Å². The number of hydrogen-bond donors (Lipinski definition) is 0. The predicted molar refractivity (Wildman–Crippen MR) is 125 cm³/mol. The second kappa shape index (κ2) is 10.4. The van der Waals surface area contributed by atoms with Crippen molar-refractivity contribution < 1.29 is 45.5 Å². The molecule has 0 aromatic heterocycles. The van der Waals surface area contributed by atoms with Gasteiger partial charge in [-0.1, -0.05) is 30.3 Å². The highest BCUT2D eigenvalue weighted by atomic mass is 19.4. The van der Waals surface area contributed by atoms with E-state index in [0.717, 1.165) is 12.5 Å². The van der Waals surface area contributed by atoms with E-state index in [1.807, 2.05) is 18.2 Å². The van der Waals surface area contributed by atoms with Gasteiger partial charge in [-0.3, -0.25) is 14.5 Å². The van der Waals surface area contributed by atoms with Crippen molar-refractivity contribution in [3.63, 3.8) is 0 Å². The molecular weight excluding hydrogens is 532 g/mol. The number of benzene rings is 2. The quantitative estimate of drug-likeness (QED) is 0.499. The van der Waals surface area contributed by atoms with Crippen molar-refractivity contribution in [2.45, 2.75) is 58.0 Å². The van der Waals surface area contributed by atoms with Crippen LogP contribution in [-0.4, -0.2) is 57.9 Å². The highest BCUT2D eigenvalue weighted by Crippen LogP contribution is 2.39. The Morgan fingerprint density at radius 3 is 2.31 bits per heavy atom. The smallest absolute Gasteiger partial charge is 0.416 e. The summed E-state index contributed by atoms with van der Waals surface area (Å²) in [5, 5.41) is 0. The highest BCUT2D eigenvalue weighted by molar-refractivity contribution is 5.90. The van der Waals surface area contributed by atoms with Crippen LogP contribution in [0.4, 0.5) is 31.1 Å². The molecule has 2 aliphatic rings. The summed E-state index contributed by atoms with van der Waals surface area (Å²) < 4.78 is 85.3. The Morgan fingerprint density at radius 1 is 1.03 bits per heavy atom. The summed E-state index contributed by atoms with van der Waals surface area (Å²) in [4.78, 5) is 42.7. The van der Waals surface area contributed by atoms with Crippen LogP contribution in [0.25, 0.3) is 0 Å².